The molecule has 0 aliphatic heterocycles. The zero-order valence-electron chi connectivity index (χ0n) is 11.8. The molecule has 1 N–H and O–H groups in total. The lowest BCUT2D eigenvalue weighted by Crippen LogP contribution is -2.20. The van der Waals surface area contributed by atoms with Crippen molar-refractivity contribution in [2.75, 3.05) is 11.9 Å². The number of hydrogen-bond acceptors (Lipinski definition) is 4. The van der Waals surface area contributed by atoms with Crippen molar-refractivity contribution >= 4 is 81.4 Å². The van der Waals surface area contributed by atoms with Gasteiger partial charge in [-0.2, -0.15) is 0 Å². The third-order valence-electron chi connectivity index (χ3n) is 2.65. The summed E-state index contributed by atoms with van der Waals surface area (Å²) in [7, 11) is 0. The number of carbonyl (C=O) groups is 2. The Labute approximate surface area is 161 Å². The maximum Gasteiger partial charge on any atom is 0.331 e. The first kappa shape index (κ1) is 19.1. The van der Waals surface area contributed by atoms with Gasteiger partial charge in [-0.15, -0.1) is 11.3 Å². The summed E-state index contributed by atoms with van der Waals surface area (Å²) in [6, 6.07) is 5.06. The molecule has 1 amide bonds. The number of amides is 1. The summed E-state index contributed by atoms with van der Waals surface area (Å²) in [4.78, 5) is 24.3. The van der Waals surface area contributed by atoms with E-state index >= 15 is 0 Å². The standard InChI is InChI=1S/C15H9Cl4NO3S/c16-9-6-10(17)14(19)15(13(9)18)20-11(21)7-23-12(22)4-3-8-2-1-5-24-8/h1-6H,7H2,(H,20,21)/b4-3+. The lowest BCUT2D eigenvalue weighted by atomic mass is 10.3. The van der Waals surface area contributed by atoms with E-state index in [-0.39, 0.29) is 25.8 Å². The van der Waals surface area contributed by atoms with Gasteiger partial charge in [-0.3, -0.25) is 4.79 Å². The summed E-state index contributed by atoms with van der Waals surface area (Å²) in [5, 5.41) is 4.65. The molecule has 2 aromatic rings. The summed E-state index contributed by atoms with van der Waals surface area (Å²) in [6.07, 6.45) is 2.82. The van der Waals surface area contributed by atoms with Gasteiger partial charge in [-0.25, -0.2) is 4.79 Å². The average molecular weight is 425 g/mol. The second-order valence-corrected chi connectivity index (χ2v) is 6.90. The molecule has 9 heteroatoms. The maximum atomic E-state index is 11.9. The molecule has 0 unspecified atom stereocenters. The normalized spacial score (nSPS) is 10.8. The first-order chi connectivity index (χ1) is 11.4. The zero-order valence-corrected chi connectivity index (χ0v) is 15.7. The van der Waals surface area contributed by atoms with Gasteiger partial charge in [-0.05, 0) is 23.6 Å². The van der Waals surface area contributed by atoms with Gasteiger partial charge in [0, 0.05) is 11.0 Å². The molecule has 0 spiro atoms. The summed E-state index contributed by atoms with van der Waals surface area (Å²) in [5.74, 6) is -1.28. The predicted octanol–water partition coefficient (Wildman–Crippen LogP) is 5.56. The molecular weight excluding hydrogens is 416 g/mol. The number of carbonyl (C=O) groups excluding carboxylic acids is 2. The van der Waals surface area contributed by atoms with Crippen molar-refractivity contribution < 1.29 is 14.3 Å². The number of hydrogen-bond donors (Lipinski definition) is 1. The lowest BCUT2D eigenvalue weighted by Gasteiger charge is -2.11. The van der Waals surface area contributed by atoms with Crippen LogP contribution in [0, 0.1) is 0 Å². The molecule has 1 aromatic heterocycles. The van der Waals surface area contributed by atoms with Gasteiger partial charge in [-0.1, -0.05) is 52.5 Å². The lowest BCUT2D eigenvalue weighted by molar-refractivity contribution is -0.142. The van der Waals surface area contributed by atoms with Crippen LogP contribution in [0.3, 0.4) is 0 Å². The number of benzene rings is 1. The number of esters is 1. The Morgan fingerprint density at radius 2 is 1.83 bits per heavy atom. The smallest absolute Gasteiger partial charge is 0.331 e. The monoisotopic (exact) mass is 423 g/mol. The molecular formula is C15H9Cl4NO3S. The van der Waals surface area contributed by atoms with E-state index in [0.29, 0.717) is 0 Å². The Morgan fingerprint density at radius 1 is 1.17 bits per heavy atom. The molecule has 0 radical (unpaired) electrons. The van der Waals surface area contributed by atoms with Crippen molar-refractivity contribution in [3.63, 3.8) is 0 Å². The van der Waals surface area contributed by atoms with Crippen LogP contribution in [-0.4, -0.2) is 18.5 Å². The van der Waals surface area contributed by atoms with E-state index in [1.165, 1.54) is 23.5 Å². The Morgan fingerprint density at radius 3 is 2.42 bits per heavy atom. The van der Waals surface area contributed by atoms with Crippen molar-refractivity contribution in [1.29, 1.82) is 0 Å². The molecule has 4 nitrogen and oxygen atoms in total. The number of ether oxygens (including phenoxy) is 1. The highest BCUT2D eigenvalue weighted by Gasteiger charge is 2.16. The fraction of sp³-hybridized carbons (Fsp3) is 0.0667. The van der Waals surface area contributed by atoms with Gasteiger partial charge in [0.05, 0.1) is 25.8 Å². The number of halogens is 4. The maximum absolute atomic E-state index is 11.9. The van der Waals surface area contributed by atoms with Crippen LogP contribution in [0.1, 0.15) is 4.88 Å². The number of nitrogens with one attached hydrogen (secondary N) is 1. The van der Waals surface area contributed by atoms with Crippen LogP contribution in [0.5, 0.6) is 0 Å². The van der Waals surface area contributed by atoms with Crippen LogP contribution in [0.4, 0.5) is 5.69 Å². The Balaban J connectivity index is 1.93. The second kappa shape index (κ2) is 8.74. The van der Waals surface area contributed by atoms with Gasteiger partial charge >= 0.3 is 5.97 Å². The molecule has 0 aliphatic carbocycles. The van der Waals surface area contributed by atoms with Crippen LogP contribution in [0.15, 0.2) is 29.7 Å². The minimum Gasteiger partial charge on any atom is -0.452 e. The van der Waals surface area contributed by atoms with Crippen LogP contribution >= 0.6 is 57.7 Å². The van der Waals surface area contributed by atoms with E-state index < -0.39 is 18.5 Å². The van der Waals surface area contributed by atoms with Gasteiger partial charge < -0.3 is 10.1 Å². The Kier molecular flexibility index (Phi) is 6.95. The molecule has 1 heterocycles. The molecule has 0 atom stereocenters. The molecule has 0 bridgehead atoms. The molecule has 2 rings (SSSR count). The fourth-order valence-electron chi connectivity index (χ4n) is 1.58. The highest BCUT2D eigenvalue weighted by molar-refractivity contribution is 7.10. The third kappa shape index (κ3) is 5.13. The van der Waals surface area contributed by atoms with Gasteiger partial charge in [0.1, 0.15) is 0 Å². The van der Waals surface area contributed by atoms with Gasteiger partial charge in [0.2, 0.25) is 0 Å². The first-order valence-electron chi connectivity index (χ1n) is 6.39. The summed E-state index contributed by atoms with van der Waals surface area (Å²) >= 11 is 25.2. The Bertz CT molecular complexity index is 764. The van der Waals surface area contributed by atoms with Crippen molar-refractivity contribution in [2.24, 2.45) is 0 Å². The van der Waals surface area contributed by atoms with Crippen molar-refractivity contribution in [3.05, 3.63) is 54.6 Å². The molecule has 1 aromatic carbocycles. The third-order valence-corrected chi connectivity index (χ3v) is 5.06. The molecule has 126 valence electrons. The number of thiophene rings is 1. The van der Waals surface area contributed by atoms with Crippen molar-refractivity contribution in [1.82, 2.24) is 0 Å². The Hall–Kier alpha value is -1.24. The van der Waals surface area contributed by atoms with Crippen LogP contribution in [0.2, 0.25) is 20.1 Å². The quantitative estimate of drug-likeness (QED) is 0.388. The minimum absolute atomic E-state index is 0.0448. The molecule has 0 saturated carbocycles. The molecule has 0 aliphatic rings. The minimum atomic E-state index is -0.653. The van der Waals surface area contributed by atoms with Gasteiger partial charge in [0.25, 0.3) is 5.91 Å². The first-order valence-corrected chi connectivity index (χ1v) is 8.79. The highest BCUT2D eigenvalue weighted by Crippen LogP contribution is 2.40. The van der Waals surface area contributed by atoms with Gasteiger partial charge in [0.15, 0.2) is 6.61 Å². The second-order valence-electron chi connectivity index (χ2n) is 4.35. The van der Waals surface area contributed by atoms with E-state index in [0.717, 1.165) is 4.88 Å². The summed E-state index contributed by atoms with van der Waals surface area (Å²) in [5.41, 5.74) is 0.0611. The van der Waals surface area contributed by atoms with Crippen molar-refractivity contribution in [3.8, 4) is 0 Å². The predicted molar refractivity (Wildman–Crippen MR) is 99.4 cm³/mol. The van der Waals surface area contributed by atoms with Crippen molar-refractivity contribution in [2.45, 2.75) is 0 Å². The zero-order chi connectivity index (χ0) is 17.7. The molecule has 0 saturated heterocycles. The highest BCUT2D eigenvalue weighted by atomic mass is 35.5. The molecule has 0 fully saturated rings. The van der Waals surface area contributed by atoms with Crippen LogP contribution < -0.4 is 5.32 Å². The van der Waals surface area contributed by atoms with E-state index in [4.69, 9.17) is 51.1 Å². The SMILES string of the molecule is O=C(COC(=O)/C=C/c1cccs1)Nc1c(Cl)c(Cl)cc(Cl)c1Cl. The number of anilines is 1. The summed E-state index contributed by atoms with van der Waals surface area (Å²) in [6.45, 7) is -0.510. The topological polar surface area (TPSA) is 55.4 Å². The largest absolute Gasteiger partial charge is 0.452 e. The fourth-order valence-corrected chi connectivity index (χ4v) is 3.10. The van der Waals surface area contributed by atoms with Crippen LogP contribution in [0.25, 0.3) is 6.08 Å². The van der Waals surface area contributed by atoms with E-state index in [1.807, 2.05) is 17.5 Å². The van der Waals surface area contributed by atoms with E-state index in [1.54, 1.807) is 6.08 Å². The van der Waals surface area contributed by atoms with Crippen LogP contribution in [-0.2, 0) is 14.3 Å². The molecule has 24 heavy (non-hydrogen) atoms. The summed E-state index contributed by atoms with van der Waals surface area (Å²) < 4.78 is 4.83. The van der Waals surface area contributed by atoms with E-state index in [9.17, 15) is 9.59 Å². The average Bonchev–Trinajstić information content (AvgIpc) is 3.06. The number of rotatable bonds is 5. The van der Waals surface area contributed by atoms with E-state index in [2.05, 4.69) is 5.32 Å².